The van der Waals surface area contributed by atoms with Gasteiger partial charge >= 0.3 is 0 Å². The van der Waals surface area contributed by atoms with Gasteiger partial charge in [-0.15, -0.1) is 0 Å². The Morgan fingerprint density at radius 3 is 2.68 bits per heavy atom. The second-order valence-corrected chi connectivity index (χ2v) is 9.61. The first kappa shape index (κ1) is 25.0. The molecule has 2 aliphatic heterocycles. The SMILES string of the molecule is C[C@H](NC(=O)C1=C(NCc2ccc(-c3cnc4c(c3)CCN4)cc2)N(C)CC(C#N)=C1)c1ccc(F)cc1. The number of fused-ring (bicyclic) bond motifs is 1. The molecule has 1 amide bonds. The van der Waals surface area contributed by atoms with E-state index in [9.17, 15) is 14.4 Å². The molecular weight excluding hydrogens is 479 g/mol. The molecule has 3 heterocycles. The maximum absolute atomic E-state index is 13.3. The van der Waals surface area contributed by atoms with Gasteiger partial charge in [0.2, 0.25) is 0 Å². The highest BCUT2D eigenvalue weighted by Gasteiger charge is 2.24. The molecule has 5 rings (SSSR count). The molecule has 0 bridgehead atoms. The van der Waals surface area contributed by atoms with Crippen LogP contribution in [0.3, 0.4) is 0 Å². The number of likely N-dealkylation sites (N-methyl/N-ethyl adjacent to an activating group) is 1. The minimum absolute atomic E-state index is 0.308. The van der Waals surface area contributed by atoms with Gasteiger partial charge in [-0.3, -0.25) is 4.79 Å². The number of carbonyl (C=O) groups is 1. The minimum Gasteiger partial charge on any atom is -0.370 e. The molecule has 7 nitrogen and oxygen atoms in total. The van der Waals surface area contributed by atoms with Gasteiger partial charge in [0.25, 0.3) is 5.91 Å². The monoisotopic (exact) mass is 508 g/mol. The number of anilines is 1. The molecule has 2 aliphatic rings. The van der Waals surface area contributed by atoms with Crippen LogP contribution in [0, 0.1) is 17.1 Å². The van der Waals surface area contributed by atoms with Gasteiger partial charge in [0, 0.05) is 37.5 Å². The number of rotatable bonds is 7. The lowest BCUT2D eigenvalue weighted by Crippen LogP contribution is -2.38. The van der Waals surface area contributed by atoms with Crippen molar-refractivity contribution in [3.8, 4) is 17.2 Å². The van der Waals surface area contributed by atoms with E-state index < -0.39 is 0 Å². The third-order valence-electron chi connectivity index (χ3n) is 6.87. The molecule has 0 fully saturated rings. The van der Waals surface area contributed by atoms with Crippen molar-refractivity contribution in [2.45, 2.75) is 25.9 Å². The van der Waals surface area contributed by atoms with E-state index in [1.54, 1.807) is 18.2 Å². The highest BCUT2D eigenvalue weighted by molar-refractivity contribution is 5.97. The summed E-state index contributed by atoms with van der Waals surface area (Å²) in [4.78, 5) is 19.7. The quantitative estimate of drug-likeness (QED) is 0.437. The summed E-state index contributed by atoms with van der Waals surface area (Å²) >= 11 is 0. The van der Waals surface area contributed by atoms with Gasteiger partial charge in [-0.05, 0) is 59.9 Å². The number of nitriles is 1. The number of halogens is 1. The van der Waals surface area contributed by atoms with Crippen LogP contribution in [-0.4, -0.2) is 35.9 Å². The van der Waals surface area contributed by atoms with Gasteiger partial charge < -0.3 is 20.9 Å². The fourth-order valence-corrected chi connectivity index (χ4v) is 4.74. The van der Waals surface area contributed by atoms with Crippen LogP contribution in [0.25, 0.3) is 11.1 Å². The standard InChI is InChI=1S/C30H29FN6O/c1-19(22-7-9-26(31)10-8-22)36-30(38)27-13-21(15-32)18-37(2)29(27)35-16-20-3-5-23(6-4-20)25-14-24-11-12-33-28(24)34-17-25/h3-10,13-14,17,19,35H,11-12,16,18H2,1-2H3,(H,33,34)(H,36,38)/t19-/m0/s1. The summed E-state index contributed by atoms with van der Waals surface area (Å²) in [7, 11) is 1.85. The van der Waals surface area contributed by atoms with Crippen molar-refractivity contribution in [1.29, 1.82) is 5.26 Å². The number of amides is 1. The third-order valence-corrected chi connectivity index (χ3v) is 6.87. The average molecular weight is 509 g/mol. The van der Waals surface area contributed by atoms with Crippen LogP contribution in [0.15, 0.2) is 83.8 Å². The maximum atomic E-state index is 13.3. The van der Waals surface area contributed by atoms with E-state index in [2.05, 4.69) is 57.3 Å². The number of aromatic nitrogens is 1. The Labute approximate surface area is 221 Å². The van der Waals surface area contributed by atoms with Crippen molar-refractivity contribution in [2.24, 2.45) is 0 Å². The van der Waals surface area contributed by atoms with Gasteiger partial charge in [0.15, 0.2) is 0 Å². The van der Waals surface area contributed by atoms with Gasteiger partial charge in [-0.25, -0.2) is 9.37 Å². The summed E-state index contributed by atoms with van der Waals surface area (Å²) in [6.07, 6.45) is 4.51. The van der Waals surface area contributed by atoms with E-state index in [0.717, 1.165) is 41.0 Å². The van der Waals surface area contributed by atoms with Crippen molar-refractivity contribution >= 4 is 11.7 Å². The van der Waals surface area contributed by atoms with Crippen molar-refractivity contribution in [2.75, 3.05) is 25.5 Å². The lowest BCUT2D eigenvalue weighted by atomic mass is 10.0. The summed E-state index contributed by atoms with van der Waals surface area (Å²) in [5.41, 5.74) is 6.16. The first-order valence-electron chi connectivity index (χ1n) is 12.6. The molecule has 0 radical (unpaired) electrons. The zero-order valence-corrected chi connectivity index (χ0v) is 21.4. The van der Waals surface area contributed by atoms with Gasteiger partial charge in [0.1, 0.15) is 17.5 Å². The molecule has 1 atom stereocenters. The number of benzene rings is 2. The first-order chi connectivity index (χ1) is 18.4. The number of hydrogen-bond acceptors (Lipinski definition) is 6. The smallest absolute Gasteiger partial charge is 0.255 e. The van der Waals surface area contributed by atoms with Crippen LogP contribution in [0.2, 0.25) is 0 Å². The van der Waals surface area contributed by atoms with E-state index in [4.69, 9.17) is 0 Å². The van der Waals surface area contributed by atoms with Crippen LogP contribution >= 0.6 is 0 Å². The van der Waals surface area contributed by atoms with E-state index in [1.807, 2.05) is 25.1 Å². The molecule has 192 valence electrons. The average Bonchev–Trinajstić information content (AvgIpc) is 3.40. The third kappa shape index (κ3) is 5.37. The molecule has 8 heteroatoms. The Morgan fingerprint density at radius 1 is 1.18 bits per heavy atom. The predicted molar refractivity (Wildman–Crippen MR) is 145 cm³/mol. The molecule has 3 aromatic rings. The van der Waals surface area contributed by atoms with Crippen molar-refractivity contribution in [1.82, 2.24) is 20.5 Å². The van der Waals surface area contributed by atoms with Crippen LogP contribution in [0.5, 0.6) is 0 Å². The van der Waals surface area contributed by atoms with E-state index in [0.29, 0.717) is 30.1 Å². The summed E-state index contributed by atoms with van der Waals surface area (Å²) in [5.74, 6) is 0.982. The van der Waals surface area contributed by atoms with Crippen LogP contribution in [0.4, 0.5) is 10.2 Å². The number of hydrogen-bond donors (Lipinski definition) is 3. The molecule has 3 N–H and O–H groups in total. The van der Waals surface area contributed by atoms with Crippen molar-refractivity contribution < 1.29 is 9.18 Å². The number of carbonyl (C=O) groups excluding carboxylic acids is 1. The molecule has 0 saturated heterocycles. The Kier molecular flexibility index (Phi) is 7.09. The molecule has 1 aromatic heterocycles. The second-order valence-electron chi connectivity index (χ2n) is 9.61. The fourth-order valence-electron chi connectivity index (χ4n) is 4.74. The van der Waals surface area contributed by atoms with Crippen molar-refractivity contribution in [3.05, 3.63) is 106 Å². The van der Waals surface area contributed by atoms with Crippen LogP contribution < -0.4 is 16.0 Å². The van der Waals surface area contributed by atoms with Gasteiger partial charge in [-0.1, -0.05) is 36.4 Å². The number of nitrogens with one attached hydrogen (secondary N) is 3. The second kappa shape index (κ2) is 10.8. The fraction of sp³-hybridized carbons (Fsp3) is 0.233. The summed E-state index contributed by atoms with van der Waals surface area (Å²) in [6.45, 7) is 3.68. The number of nitrogens with zero attached hydrogens (tertiary/aromatic N) is 3. The molecule has 0 spiro atoms. The van der Waals surface area contributed by atoms with Crippen LogP contribution in [-0.2, 0) is 17.8 Å². The van der Waals surface area contributed by atoms with Gasteiger partial charge in [-0.2, -0.15) is 5.26 Å². The molecule has 2 aromatic carbocycles. The Morgan fingerprint density at radius 2 is 1.95 bits per heavy atom. The predicted octanol–water partition coefficient (Wildman–Crippen LogP) is 4.43. The van der Waals surface area contributed by atoms with E-state index >= 15 is 0 Å². The largest absolute Gasteiger partial charge is 0.370 e. The van der Waals surface area contributed by atoms with Gasteiger partial charge in [0.05, 0.1) is 24.2 Å². The van der Waals surface area contributed by atoms with Crippen molar-refractivity contribution in [3.63, 3.8) is 0 Å². The molecular formula is C30H29FN6O. The lowest BCUT2D eigenvalue weighted by molar-refractivity contribution is -0.118. The Bertz CT molecular complexity index is 1450. The molecule has 0 saturated carbocycles. The highest BCUT2D eigenvalue weighted by atomic mass is 19.1. The normalized spacial score (nSPS) is 15.2. The molecule has 38 heavy (non-hydrogen) atoms. The zero-order chi connectivity index (χ0) is 26.6. The summed E-state index contributed by atoms with van der Waals surface area (Å²) < 4.78 is 13.3. The Hall–Kier alpha value is -4.64. The maximum Gasteiger partial charge on any atom is 0.255 e. The summed E-state index contributed by atoms with van der Waals surface area (Å²) in [6, 6.07) is 18.3. The number of pyridine rings is 1. The highest BCUT2D eigenvalue weighted by Crippen LogP contribution is 2.27. The topological polar surface area (TPSA) is 93.1 Å². The lowest BCUT2D eigenvalue weighted by Gasteiger charge is -2.29. The van der Waals surface area contributed by atoms with Crippen LogP contribution in [0.1, 0.15) is 29.7 Å². The van der Waals surface area contributed by atoms with E-state index in [1.165, 1.54) is 17.7 Å². The minimum atomic E-state index is -0.333. The zero-order valence-electron chi connectivity index (χ0n) is 21.4. The molecule has 0 aliphatic carbocycles. The Balaban J connectivity index is 1.32. The molecule has 0 unspecified atom stereocenters. The first-order valence-corrected chi connectivity index (χ1v) is 12.6. The summed E-state index contributed by atoms with van der Waals surface area (Å²) in [5, 5.41) is 19.2. The van der Waals surface area contributed by atoms with E-state index in [-0.39, 0.29) is 17.8 Å².